The van der Waals surface area contributed by atoms with Crippen molar-refractivity contribution in [3.63, 3.8) is 0 Å². The number of benzene rings is 3. The quantitative estimate of drug-likeness (QED) is 0.355. The first-order valence-corrected chi connectivity index (χ1v) is 9.14. The van der Waals surface area contributed by atoms with Crippen LogP contribution in [0.15, 0.2) is 78.9 Å². The van der Waals surface area contributed by atoms with Gasteiger partial charge in [0.1, 0.15) is 5.75 Å². The second-order valence-electron chi connectivity index (χ2n) is 6.84. The van der Waals surface area contributed by atoms with Crippen LogP contribution in [0.1, 0.15) is 44.8 Å². The van der Waals surface area contributed by atoms with E-state index < -0.39 is 5.97 Å². The Hall–Kier alpha value is -3.24. The predicted octanol–water partition coefficient (Wildman–Crippen LogP) is 4.76. The van der Waals surface area contributed by atoms with Crippen molar-refractivity contribution in [3.8, 4) is 5.75 Å². The van der Waals surface area contributed by atoms with E-state index in [2.05, 4.69) is 11.8 Å². The summed E-state index contributed by atoms with van der Waals surface area (Å²) in [5.41, 5.74) is 2.46. The molecule has 3 aromatic carbocycles. The number of carbonyl (C=O) groups excluding carboxylic acids is 2. The fourth-order valence-electron chi connectivity index (χ4n) is 2.84. The maximum Gasteiger partial charge on any atom is 0.343 e. The number of para-hydroxylation sites is 1. The SMILES string of the molecule is CC(c1ccc(C(=O)Oc2ccccc2C(=O)c2ccccc2)cc1)N(C)C. The molecule has 0 bridgehead atoms. The number of esters is 1. The van der Waals surface area contributed by atoms with E-state index in [0.717, 1.165) is 5.56 Å². The van der Waals surface area contributed by atoms with Crippen LogP contribution < -0.4 is 4.74 Å². The summed E-state index contributed by atoms with van der Waals surface area (Å²) < 4.78 is 5.55. The van der Waals surface area contributed by atoms with Crippen molar-refractivity contribution in [1.82, 2.24) is 4.90 Å². The molecule has 0 aliphatic rings. The summed E-state index contributed by atoms with van der Waals surface area (Å²) in [6.07, 6.45) is 0. The van der Waals surface area contributed by atoms with Gasteiger partial charge in [-0.1, -0.05) is 54.6 Å². The van der Waals surface area contributed by atoms with E-state index >= 15 is 0 Å². The van der Waals surface area contributed by atoms with Crippen molar-refractivity contribution in [1.29, 1.82) is 0 Å². The molecule has 0 saturated carbocycles. The number of hydrogen-bond donors (Lipinski definition) is 0. The van der Waals surface area contributed by atoms with E-state index in [-0.39, 0.29) is 17.6 Å². The van der Waals surface area contributed by atoms with Crippen LogP contribution in [0.3, 0.4) is 0 Å². The van der Waals surface area contributed by atoms with Gasteiger partial charge in [-0.15, -0.1) is 0 Å². The smallest absolute Gasteiger partial charge is 0.343 e. The van der Waals surface area contributed by atoms with Crippen molar-refractivity contribution in [2.24, 2.45) is 0 Å². The van der Waals surface area contributed by atoms with Crippen LogP contribution in [0.2, 0.25) is 0 Å². The first-order chi connectivity index (χ1) is 13.5. The van der Waals surface area contributed by atoms with Gasteiger partial charge in [-0.3, -0.25) is 4.79 Å². The lowest BCUT2D eigenvalue weighted by Gasteiger charge is -2.20. The van der Waals surface area contributed by atoms with Crippen LogP contribution >= 0.6 is 0 Å². The molecule has 0 radical (unpaired) electrons. The van der Waals surface area contributed by atoms with E-state index in [1.165, 1.54) is 0 Å². The monoisotopic (exact) mass is 373 g/mol. The van der Waals surface area contributed by atoms with Crippen molar-refractivity contribution in [2.45, 2.75) is 13.0 Å². The summed E-state index contributed by atoms with van der Waals surface area (Å²) in [6, 6.07) is 23.3. The van der Waals surface area contributed by atoms with Gasteiger partial charge in [0.15, 0.2) is 5.78 Å². The van der Waals surface area contributed by atoms with Crippen LogP contribution in [-0.2, 0) is 0 Å². The van der Waals surface area contributed by atoms with Crippen LogP contribution in [0.25, 0.3) is 0 Å². The molecule has 3 aromatic rings. The summed E-state index contributed by atoms with van der Waals surface area (Å²) in [6.45, 7) is 2.10. The van der Waals surface area contributed by atoms with Gasteiger partial charge in [-0.2, -0.15) is 0 Å². The molecule has 0 aromatic heterocycles. The van der Waals surface area contributed by atoms with Crippen LogP contribution in [-0.4, -0.2) is 30.7 Å². The Balaban J connectivity index is 1.81. The molecule has 0 spiro atoms. The van der Waals surface area contributed by atoms with Gasteiger partial charge in [-0.05, 0) is 50.8 Å². The predicted molar refractivity (Wildman–Crippen MR) is 110 cm³/mol. The van der Waals surface area contributed by atoms with E-state index in [4.69, 9.17) is 4.74 Å². The third kappa shape index (κ3) is 4.35. The Morgan fingerprint density at radius 2 is 1.39 bits per heavy atom. The highest BCUT2D eigenvalue weighted by molar-refractivity contribution is 6.11. The molecule has 0 aliphatic carbocycles. The lowest BCUT2D eigenvalue weighted by Crippen LogP contribution is -2.17. The maximum absolute atomic E-state index is 12.8. The minimum atomic E-state index is -0.489. The first kappa shape index (κ1) is 19.5. The van der Waals surface area contributed by atoms with Gasteiger partial charge >= 0.3 is 5.97 Å². The standard InChI is InChI=1S/C24H23NO3/c1-17(25(2)3)18-13-15-20(16-14-18)24(27)28-22-12-8-7-11-21(22)23(26)19-9-5-4-6-10-19/h4-17H,1-3H3. The van der Waals surface area contributed by atoms with E-state index in [0.29, 0.717) is 16.7 Å². The Bertz CT molecular complexity index is 963. The molecule has 0 fully saturated rings. The lowest BCUT2D eigenvalue weighted by molar-refractivity contribution is 0.0733. The molecule has 1 atom stereocenters. The first-order valence-electron chi connectivity index (χ1n) is 9.14. The molecule has 142 valence electrons. The van der Waals surface area contributed by atoms with Crippen molar-refractivity contribution >= 4 is 11.8 Å². The molecule has 1 unspecified atom stereocenters. The Labute approximate surface area is 165 Å². The molecule has 28 heavy (non-hydrogen) atoms. The number of ketones is 1. The molecule has 4 heteroatoms. The van der Waals surface area contributed by atoms with Gasteiger partial charge in [0.25, 0.3) is 0 Å². The molecular weight excluding hydrogens is 350 g/mol. The third-order valence-electron chi connectivity index (χ3n) is 4.77. The molecule has 3 rings (SSSR count). The van der Waals surface area contributed by atoms with Gasteiger partial charge in [0.05, 0.1) is 11.1 Å². The third-order valence-corrected chi connectivity index (χ3v) is 4.77. The molecule has 0 heterocycles. The fourth-order valence-corrected chi connectivity index (χ4v) is 2.84. The Morgan fingerprint density at radius 3 is 2.04 bits per heavy atom. The Kier molecular flexibility index (Phi) is 6.02. The van der Waals surface area contributed by atoms with Crippen LogP contribution in [0, 0.1) is 0 Å². The minimum absolute atomic E-state index is 0.181. The van der Waals surface area contributed by atoms with Gasteiger partial charge < -0.3 is 9.64 Å². The second kappa shape index (κ2) is 8.63. The topological polar surface area (TPSA) is 46.6 Å². The Morgan fingerprint density at radius 1 is 0.786 bits per heavy atom. The van der Waals surface area contributed by atoms with Crippen LogP contribution in [0.5, 0.6) is 5.75 Å². The van der Waals surface area contributed by atoms with Gasteiger partial charge in [0, 0.05) is 11.6 Å². The second-order valence-corrected chi connectivity index (χ2v) is 6.84. The van der Waals surface area contributed by atoms with Crippen molar-refractivity contribution in [3.05, 3.63) is 101 Å². The zero-order valence-electron chi connectivity index (χ0n) is 16.3. The minimum Gasteiger partial charge on any atom is -0.422 e. The van der Waals surface area contributed by atoms with Gasteiger partial charge in [-0.25, -0.2) is 4.79 Å². The highest BCUT2D eigenvalue weighted by Gasteiger charge is 2.18. The number of ether oxygens (including phenoxy) is 1. The molecule has 0 amide bonds. The average molecular weight is 373 g/mol. The van der Waals surface area contributed by atoms with Crippen molar-refractivity contribution < 1.29 is 14.3 Å². The molecular formula is C24H23NO3. The molecule has 4 nitrogen and oxygen atoms in total. The summed E-state index contributed by atoms with van der Waals surface area (Å²) in [7, 11) is 4.01. The zero-order chi connectivity index (χ0) is 20.1. The summed E-state index contributed by atoms with van der Waals surface area (Å²) in [5.74, 6) is -0.413. The lowest BCUT2D eigenvalue weighted by atomic mass is 10.0. The van der Waals surface area contributed by atoms with Crippen LogP contribution in [0.4, 0.5) is 0 Å². The summed E-state index contributed by atoms with van der Waals surface area (Å²) in [4.78, 5) is 27.5. The highest BCUT2D eigenvalue weighted by atomic mass is 16.5. The summed E-state index contributed by atoms with van der Waals surface area (Å²) >= 11 is 0. The normalized spacial score (nSPS) is 11.9. The number of rotatable bonds is 6. The summed E-state index contributed by atoms with van der Waals surface area (Å²) in [5, 5.41) is 0. The molecule has 0 saturated heterocycles. The number of carbonyl (C=O) groups is 2. The zero-order valence-corrected chi connectivity index (χ0v) is 16.3. The van der Waals surface area contributed by atoms with E-state index in [1.807, 2.05) is 32.3 Å². The average Bonchev–Trinajstić information content (AvgIpc) is 2.73. The largest absolute Gasteiger partial charge is 0.422 e. The van der Waals surface area contributed by atoms with E-state index in [1.54, 1.807) is 60.7 Å². The molecule has 0 aliphatic heterocycles. The fraction of sp³-hybridized carbons (Fsp3) is 0.167. The molecule has 0 N–H and O–H groups in total. The van der Waals surface area contributed by atoms with Gasteiger partial charge in [0.2, 0.25) is 0 Å². The highest BCUT2D eigenvalue weighted by Crippen LogP contribution is 2.23. The maximum atomic E-state index is 12.8. The van der Waals surface area contributed by atoms with E-state index in [9.17, 15) is 9.59 Å². The number of hydrogen-bond acceptors (Lipinski definition) is 4. The van der Waals surface area contributed by atoms with Crippen molar-refractivity contribution in [2.75, 3.05) is 14.1 Å². The number of nitrogens with zero attached hydrogens (tertiary/aromatic N) is 1.